The first-order valence-electron chi connectivity index (χ1n) is 10.4. The molecule has 158 valence electrons. The minimum absolute atomic E-state index is 0.142. The Morgan fingerprint density at radius 2 is 1.90 bits per heavy atom. The van der Waals surface area contributed by atoms with Gasteiger partial charge in [0.15, 0.2) is 11.5 Å². The number of hydrogen-bond acceptors (Lipinski definition) is 5. The highest BCUT2D eigenvalue weighted by molar-refractivity contribution is 5.66. The Bertz CT molecular complexity index is 1140. The predicted molar refractivity (Wildman–Crippen MR) is 118 cm³/mol. The number of nitrogens with one attached hydrogen (secondary N) is 1. The Balaban J connectivity index is 1.39. The average Bonchev–Trinajstić information content (AvgIpc) is 3.46. The van der Waals surface area contributed by atoms with E-state index in [1.165, 1.54) is 5.56 Å². The monoisotopic (exact) mass is 415 g/mol. The van der Waals surface area contributed by atoms with Crippen LogP contribution in [0, 0.1) is 0 Å². The van der Waals surface area contributed by atoms with E-state index in [0.717, 1.165) is 34.9 Å². The quantitative estimate of drug-likeness (QED) is 0.500. The SMILES string of the molecule is Cn1cc(CN[C@@H](Cn2ccnc2)c2ccccc2)c(-c2ccc3c(c2)OCCO3)n1. The van der Waals surface area contributed by atoms with Crippen molar-refractivity contribution in [2.75, 3.05) is 13.2 Å². The Kier molecular flexibility index (Phi) is 5.41. The lowest BCUT2D eigenvalue weighted by Gasteiger charge is -2.20. The molecule has 31 heavy (non-hydrogen) atoms. The van der Waals surface area contributed by atoms with E-state index in [9.17, 15) is 0 Å². The van der Waals surface area contributed by atoms with Crippen molar-refractivity contribution in [2.24, 2.45) is 7.05 Å². The maximum absolute atomic E-state index is 5.76. The van der Waals surface area contributed by atoms with E-state index in [4.69, 9.17) is 14.6 Å². The topological polar surface area (TPSA) is 66.1 Å². The summed E-state index contributed by atoms with van der Waals surface area (Å²) in [5.74, 6) is 1.56. The summed E-state index contributed by atoms with van der Waals surface area (Å²) in [6.07, 6.45) is 7.71. The molecule has 5 rings (SSSR count). The Morgan fingerprint density at radius 3 is 2.71 bits per heavy atom. The molecule has 0 radical (unpaired) electrons. The van der Waals surface area contributed by atoms with Crippen LogP contribution in [0.3, 0.4) is 0 Å². The normalized spacial score (nSPS) is 13.8. The third kappa shape index (κ3) is 4.32. The number of benzene rings is 2. The van der Waals surface area contributed by atoms with Crippen LogP contribution in [-0.4, -0.2) is 32.5 Å². The summed E-state index contributed by atoms with van der Waals surface area (Å²) in [6.45, 7) is 2.64. The third-order valence-electron chi connectivity index (χ3n) is 5.41. The standard InChI is InChI=1S/C24H25N5O2/c1-28-15-20(24(27-28)19-7-8-22-23(13-19)31-12-11-30-22)14-26-21(16-29-10-9-25-17-29)18-5-3-2-4-6-18/h2-10,13,15,17,21,26H,11-12,14,16H2,1H3/t21-/m0/s1. The molecule has 2 aromatic heterocycles. The molecule has 1 N–H and O–H groups in total. The van der Waals surface area contributed by atoms with Crippen LogP contribution in [0.25, 0.3) is 11.3 Å². The van der Waals surface area contributed by atoms with Gasteiger partial charge in [-0.2, -0.15) is 5.10 Å². The second kappa shape index (κ2) is 8.65. The largest absolute Gasteiger partial charge is 0.486 e. The summed E-state index contributed by atoms with van der Waals surface area (Å²) < 4.78 is 15.4. The highest BCUT2D eigenvalue weighted by Crippen LogP contribution is 2.35. The van der Waals surface area contributed by atoms with E-state index >= 15 is 0 Å². The zero-order chi connectivity index (χ0) is 21.0. The smallest absolute Gasteiger partial charge is 0.162 e. The Labute approximate surface area is 181 Å². The predicted octanol–water partition coefficient (Wildman–Crippen LogP) is 3.59. The van der Waals surface area contributed by atoms with Crippen LogP contribution in [0.2, 0.25) is 0 Å². The lowest BCUT2D eigenvalue weighted by Crippen LogP contribution is -2.25. The van der Waals surface area contributed by atoms with Gasteiger partial charge in [-0.1, -0.05) is 30.3 Å². The molecule has 2 aromatic carbocycles. The van der Waals surface area contributed by atoms with Crippen LogP contribution in [0.4, 0.5) is 0 Å². The summed E-state index contributed by atoms with van der Waals surface area (Å²) >= 11 is 0. The van der Waals surface area contributed by atoms with Crippen molar-refractivity contribution in [1.29, 1.82) is 0 Å². The molecule has 1 aliphatic rings. The first kappa shape index (κ1) is 19.4. The molecule has 0 saturated carbocycles. The van der Waals surface area contributed by atoms with E-state index < -0.39 is 0 Å². The first-order chi connectivity index (χ1) is 15.3. The molecule has 7 heteroatoms. The van der Waals surface area contributed by atoms with E-state index in [1.807, 2.05) is 54.7 Å². The molecular formula is C24H25N5O2. The molecule has 0 aliphatic carbocycles. The summed E-state index contributed by atoms with van der Waals surface area (Å²) in [4.78, 5) is 4.18. The van der Waals surface area contributed by atoms with Gasteiger partial charge >= 0.3 is 0 Å². The maximum Gasteiger partial charge on any atom is 0.162 e. The molecule has 4 aromatic rings. The number of nitrogens with zero attached hydrogens (tertiary/aromatic N) is 4. The molecule has 0 saturated heterocycles. The summed E-state index contributed by atoms with van der Waals surface area (Å²) in [5.41, 5.74) is 4.33. The third-order valence-corrected chi connectivity index (χ3v) is 5.41. The van der Waals surface area contributed by atoms with Crippen molar-refractivity contribution < 1.29 is 9.47 Å². The fourth-order valence-electron chi connectivity index (χ4n) is 3.91. The zero-order valence-corrected chi connectivity index (χ0v) is 17.4. The molecule has 1 aliphatic heterocycles. The molecule has 0 spiro atoms. The number of fused-ring (bicyclic) bond motifs is 1. The van der Waals surface area contributed by atoms with Gasteiger partial charge in [0, 0.05) is 49.9 Å². The van der Waals surface area contributed by atoms with Gasteiger partial charge in [-0.25, -0.2) is 4.98 Å². The summed E-state index contributed by atoms with van der Waals surface area (Å²) in [5, 5.41) is 8.44. The van der Waals surface area contributed by atoms with Gasteiger partial charge in [0.25, 0.3) is 0 Å². The van der Waals surface area contributed by atoms with Crippen molar-refractivity contribution in [1.82, 2.24) is 24.6 Å². The fourth-order valence-corrected chi connectivity index (χ4v) is 3.91. The van der Waals surface area contributed by atoms with Gasteiger partial charge in [0.2, 0.25) is 0 Å². The molecule has 0 unspecified atom stereocenters. The number of aryl methyl sites for hydroxylation is 1. The number of imidazole rings is 1. The highest BCUT2D eigenvalue weighted by atomic mass is 16.6. The molecule has 3 heterocycles. The van der Waals surface area contributed by atoms with Gasteiger partial charge in [-0.05, 0) is 23.8 Å². The van der Waals surface area contributed by atoms with Crippen LogP contribution in [0.5, 0.6) is 11.5 Å². The van der Waals surface area contributed by atoms with Gasteiger partial charge < -0.3 is 19.4 Å². The van der Waals surface area contributed by atoms with Crippen molar-refractivity contribution in [3.05, 3.63) is 84.6 Å². The number of hydrogen-bond donors (Lipinski definition) is 1. The number of rotatable bonds is 7. The molecular weight excluding hydrogens is 390 g/mol. The molecule has 0 fully saturated rings. The second-order valence-electron chi connectivity index (χ2n) is 7.64. The van der Waals surface area contributed by atoms with E-state index in [2.05, 4.69) is 45.3 Å². The first-order valence-corrected chi connectivity index (χ1v) is 10.4. The Morgan fingerprint density at radius 1 is 1.06 bits per heavy atom. The molecule has 0 amide bonds. The van der Waals surface area contributed by atoms with Gasteiger partial charge in [-0.3, -0.25) is 4.68 Å². The second-order valence-corrected chi connectivity index (χ2v) is 7.64. The summed E-state index contributed by atoms with van der Waals surface area (Å²) in [7, 11) is 1.95. The van der Waals surface area contributed by atoms with Crippen LogP contribution in [-0.2, 0) is 20.1 Å². The van der Waals surface area contributed by atoms with Gasteiger partial charge in [0.1, 0.15) is 13.2 Å². The van der Waals surface area contributed by atoms with Crippen molar-refractivity contribution in [3.8, 4) is 22.8 Å². The van der Waals surface area contributed by atoms with E-state index in [-0.39, 0.29) is 6.04 Å². The van der Waals surface area contributed by atoms with Crippen molar-refractivity contribution in [3.63, 3.8) is 0 Å². The lowest BCUT2D eigenvalue weighted by atomic mass is 10.0. The van der Waals surface area contributed by atoms with Crippen LogP contribution in [0.1, 0.15) is 17.2 Å². The highest BCUT2D eigenvalue weighted by Gasteiger charge is 2.18. The minimum Gasteiger partial charge on any atom is -0.486 e. The lowest BCUT2D eigenvalue weighted by molar-refractivity contribution is 0.171. The summed E-state index contributed by atoms with van der Waals surface area (Å²) in [6, 6.07) is 16.6. The molecule has 7 nitrogen and oxygen atoms in total. The van der Waals surface area contributed by atoms with E-state index in [1.54, 1.807) is 0 Å². The molecule has 0 bridgehead atoms. The average molecular weight is 415 g/mol. The minimum atomic E-state index is 0.142. The molecule has 1 atom stereocenters. The van der Waals surface area contributed by atoms with Gasteiger partial charge in [-0.15, -0.1) is 0 Å². The Hall–Kier alpha value is -3.58. The number of aromatic nitrogens is 4. The van der Waals surface area contributed by atoms with Crippen LogP contribution >= 0.6 is 0 Å². The fraction of sp³-hybridized carbons (Fsp3) is 0.250. The zero-order valence-electron chi connectivity index (χ0n) is 17.4. The van der Waals surface area contributed by atoms with Gasteiger partial charge in [0.05, 0.1) is 18.1 Å². The maximum atomic E-state index is 5.76. The van der Waals surface area contributed by atoms with Crippen molar-refractivity contribution in [2.45, 2.75) is 19.1 Å². The van der Waals surface area contributed by atoms with Crippen LogP contribution in [0.15, 0.2) is 73.4 Å². The number of ether oxygens (including phenoxy) is 2. The van der Waals surface area contributed by atoms with Crippen LogP contribution < -0.4 is 14.8 Å². The van der Waals surface area contributed by atoms with Crippen molar-refractivity contribution >= 4 is 0 Å². The van der Waals surface area contributed by atoms with E-state index in [0.29, 0.717) is 19.8 Å².